The second-order valence-electron chi connectivity index (χ2n) is 13.0. The fraction of sp³-hybridized carbons (Fsp3) is 0.316. The van der Waals surface area contributed by atoms with E-state index in [1.165, 1.54) is 62.3 Å². The van der Waals surface area contributed by atoms with Crippen LogP contribution in [0.4, 0.5) is 23.2 Å². The summed E-state index contributed by atoms with van der Waals surface area (Å²) in [6, 6.07) is 6.42. The van der Waals surface area contributed by atoms with Crippen molar-refractivity contribution in [3.63, 3.8) is 0 Å². The SMILES string of the molecule is C=C(C)OC(C)OC(=O)[C@H](Cc1ccc(-n2c(=O)c3ccncc3n(C)c2=O)c2ncccc12)NC(=O)c1c(C)cc(N2CCOC[C@@H]2C(F)(F)F)cc1F. The fourth-order valence-corrected chi connectivity index (χ4v) is 6.64. The monoisotopic (exact) mass is 764 g/mol. The van der Waals surface area contributed by atoms with Gasteiger partial charge in [0.2, 0.25) is 6.29 Å². The fourth-order valence-electron chi connectivity index (χ4n) is 6.64. The summed E-state index contributed by atoms with van der Waals surface area (Å²) in [5.74, 6) is -2.87. The number of esters is 1. The zero-order valence-electron chi connectivity index (χ0n) is 30.1. The molecule has 288 valence electrons. The first-order valence-electron chi connectivity index (χ1n) is 17.0. The smallest absolute Gasteiger partial charge is 0.411 e. The molecule has 0 bridgehead atoms. The zero-order chi connectivity index (χ0) is 39.8. The molecule has 1 aliphatic rings. The maximum absolute atomic E-state index is 15.8. The van der Waals surface area contributed by atoms with E-state index in [-0.39, 0.29) is 53.2 Å². The number of hydrogen-bond acceptors (Lipinski definition) is 10. The molecule has 1 unspecified atom stereocenters. The average molecular weight is 765 g/mol. The number of aryl methyl sites for hydroxylation is 2. The summed E-state index contributed by atoms with van der Waals surface area (Å²) < 4.78 is 75.2. The lowest BCUT2D eigenvalue weighted by Gasteiger charge is -2.38. The van der Waals surface area contributed by atoms with Crippen LogP contribution in [0.2, 0.25) is 0 Å². The van der Waals surface area contributed by atoms with E-state index in [9.17, 15) is 32.3 Å². The third-order valence-corrected chi connectivity index (χ3v) is 9.15. The van der Waals surface area contributed by atoms with Crippen molar-refractivity contribution >= 4 is 39.4 Å². The largest absolute Gasteiger partial charge is 0.460 e. The number of fused-ring (bicyclic) bond motifs is 2. The Kier molecular flexibility index (Phi) is 10.8. The molecule has 1 aliphatic heterocycles. The molecule has 6 rings (SSSR count). The number of nitrogens with one attached hydrogen (secondary N) is 1. The van der Waals surface area contributed by atoms with Crippen molar-refractivity contribution in [2.75, 3.05) is 24.7 Å². The summed E-state index contributed by atoms with van der Waals surface area (Å²) in [7, 11) is 1.50. The molecule has 1 saturated heterocycles. The average Bonchev–Trinajstić information content (AvgIpc) is 3.13. The minimum absolute atomic E-state index is 0.00859. The Bertz CT molecular complexity index is 2420. The van der Waals surface area contributed by atoms with Gasteiger partial charge in [-0.3, -0.25) is 24.1 Å². The molecule has 2 aromatic carbocycles. The Hall–Kier alpha value is -6.10. The van der Waals surface area contributed by atoms with Gasteiger partial charge < -0.3 is 24.4 Å². The summed E-state index contributed by atoms with van der Waals surface area (Å²) in [5, 5.41) is 3.18. The number of morpholine rings is 1. The number of benzene rings is 2. The highest BCUT2D eigenvalue weighted by Crippen LogP contribution is 2.33. The molecule has 0 aliphatic carbocycles. The molecule has 13 nitrogen and oxygen atoms in total. The van der Waals surface area contributed by atoms with Crippen LogP contribution in [0.3, 0.4) is 0 Å². The minimum Gasteiger partial charge on any atom is -0.460 e. The highest BCUT2D eigenvalue weighted by atomic mass is 19.4. The van der Waals surface area contributed by atoms with Crippen LogP contribution in [0.25, 0.3) is 27.5 Å². The number of carbonyl (C=O) groups is 2. The number of amides is 1. The van der Waals surface area contributed by atoms with E-state index < -0.39 is 65.7 Å². The molecule has 1 amide bonds. The minimum atomic E-state index is -4.66. The van der Waals surface area contributed by atoms with Gasteiger partial charge in [-0.25, -0.2) is 18.5 Å². The number of nitrogens with zero attached hydrogens (tertiary/aromatic N) is 5. The lowest BCUT2D eigenvalue weighted by Crippen LogP contribution is -2.53. The Morgan fingerprint density at radius 2 is 1.87 bits per heavy atom. The van der Waals surface area contributed by atoms with Crippen LogP contribution in [0.5, 0.6) is 0 Å². The number of aromatic nitrogens is 4. The van der Waals surface area contributed by atoms with Gasteiger partial charge in [0.15, 0.2) is 0 Å². The zero-order valence-corrected chi connectivity index (χ0v) is 30.1. The van der Waals surface area contributed by atoms with Crippen molar-refractivity contribution in [3.8, 4) is 5.69 Å². The molecule has 5 aromatic rings. The second-order valence-corrected chi connectivity index (χ2v) is 13.0. The van der Waals surface area contributed by atoms with Crippen molar-refractivity contribution in [2.24, 2.45) is 7.05 Å². The standard InChI is InChI=1S/C38H36F4N6O7/c1-20(2)54-22(4)55-36(51)28(45-34(49)32-21(3)15-24(17-27(32)39)47-13-14-53-19-31(47)38(40,41)42)16-23-8-9-29(33-25(23)7-6-11-44-33)48-35(50)26-10-12-43-18-30(26)46(5)37(48)52/h6-12,15,17-18,22,28,31H,1,13-14,16,19H2,2-5H3,(H,45,49)/t22?,28-,31+/m0/s1. The summed E-state index contributed by atoms with van der Waals surface area (Å²) in [5.41, 5.74) is -0.689. The molecule has 55 heavy (non-hydrogen) atoms. The molecule has 4 heterocycles. The van der Waals surface area contributed by atoms with E-state index in [0.717, 1.165) is 15.5 Å². The predicted molar refractivity (Wildman–Crippen MR) is 193 cm³/mol. The molecular formula is C38H36F4N6O7. The second kappa shape index (κ2) is 15.3. The molecular weight excluding hydrogens is 728 g/mol. The lowest BCUT2D eigenvalue weighted by atomic mass is 9.99. The van der Waals surface area contributed by atoms with Crippen LogP contribution in [-0.4, -0.2) is 75.3 Å². The van der Waals surface area contributed by atoms with Gasteiger partial charge in [-0.2, -0.15) is 13.2 Å². The number of carbonyl (C=O) groups excluding carboxylic acids is 2. The molecule has 0 saturated carbocycles. The third-order valence-electron chi connectivity index (χ3n) is 9.15. The normalized spacial score (nSPS) is 15.8. The van der Waals surface area contributed by atoms with E-state index in [2.05, 4.69) is 21.9 Å². The quantitative estimate of drug-likeness (QED) is 0.0925. The molecule has 3 aromatic heterocycles. The molecule has 3 atom stereocenters. The van der Waals surface area contributed by atoms with Crippen LogP contribution in [-0.2, 0) is 32.5 Å². The van der Waals surface area contributed by atoms with Crippen molar-refractivity contribution in [1.29, 1.82) is 0 Å². The van der Waals surface area contributed by atoms with E-state index in [4.69, 9.17) is 14.2 Å². The Labute approximate surface area is 310 Å². The van der Waals surface area contributed by atoms with Gasteiger partial charge in [-0.1, -0.05) is 18.7 Å². The highest BCUT2D eigenvalue weighted by molar-refractivity contribution is 5.99. The Balaban J connectivity index is 1.37. The first-order valence-corrected chi connectivity index (χ1v) is 17.0. The summed E-state index contributed by atoms with van der Waals surface area (Å²) in [4.78, 5) is 64.0. The van der Waals surface area contributed by atoms with Crippen molar-refractivity contribution in [2.45, 2.75) is 51.7 Å². The van der Waals surface area contributed by atoms with Crippen LogP contribution in [0, 0.1) is 12.7 Å². The highest BCUT2D eigenvalue weighted by Gasteiger charge is 2.45. The van der Waals surface area contributed by atoms with Gasteiger partial charge in [-0.15, -0.1) is 0 Å². The number of anilines is 1. The van der Waals surface area contributed by atoms with Crippen molar-refractivity contribution < 1.29 is 41.4 Å². The lowest BCUT2D eigenvalue weighted by molar-refractivity contribution is -0.170. The van der Waals surface area contributed by atoms with Gasteiger partial charge in [0.05, 0.1) is 52.8 Å². The molecule has 1 N–H and O–H groups in total. The Morgan fingerprint density at radius 1 is 1.11 bits per heavy atom. The number of rotatable bonds is 10. The van der Waals surface area contributed by atoms with E-state index in [1.807, 2.05) is 0 Å². The number of ether oxygens (including phenoxy) is 3. The number of pyridine rings is 2. The Morgan fingerprint density at radius 3 is 2.58 bits per heavy atom. The maximum atomic E-state index is 15.8. The first-order chi connectivity index (χ1) is 26.1. The predicted octanol–water partition coefficient (Wildman–Crippen LogP) is 4.63. The first kappa shape index (κ1) is 38.6. The topological polar surface area (TPSA) is 147 Å². The van der Waals surface area contributed by atoms with Crippen LogP contribution >= 0.6 is 0 Å². The van der Waals surface area contributed by atoms with Gasteiger partial charge in [0.1, 0.15) is 17.9 Å². The molecule has 0 radical (unpaired) electrons. The summed E-state index contributed by atoms with van der Waals surface area (Å²) >= 11 is 0. The van der Waals surface area contributed by atoms with E-state index in [0.29, 0.717) is 16.5 Å². The van der Waals surface area contributed by atoms with Crippen molar-refractivity contribution in [3.05, 3.63) is 117 Å². The van der Waals surface area contributed by atoms with Crippen LogP contribution in [0.15, 0.2) is 83.0 Å². The van der Waals surface area contributed by atoms with Crippen LogP contribution < -0.4 is 21.5 Å². The molecule has 0 spiro atoms. The van der Waals surface area contributed by atoms with Crippen LogP contribution in [0.1, 0.15) is 35.3 Å². The van der Waals surface area contributed by atoms with Gasteiger partial charge in [-0.05, 0) is 55.3 Å². The van der Waals surface area contributed by atoms with E-state index >= 15 is 4.39 Å². The third kappa shape index (κ3) is 7.78. The van der Waals surface area contributed by atoms with Gasteiger partial charge in [0, 0.05) is 50.4 Å². The molecule has 1 fully saturated rings. The van der Waals surface area contributed by atoms with Crippen molar-refractivity contribution in [1.82, 2.24) is 24.4 Å². The molecule has 17 heteroatoms. The summed E-state index contributed by atoms with van der Waals surface area (Å²) in [6.45, 7) is 7.17. The number of alkyl halides is 3. The van der Waals surface area contributed by atoms with E-state index in [1.54, 1.807) is 25.1 Å². The summed E-state index contributed by atoms with van der Waals surface area (Å²) in [6.07, 6.45) is -1.73. The number of allylic oxidation sites excluding steroid dienone is 1. The number of hydrogen-bond donors (Lipinski definition) is 1. The maximum Gasteiger partial charge on any atom is 0.411 e. The van der Waals surface area contributed by atoms with Gasteiger partial charge >= 0.3 is 17.8 Å². The number of halogens is 4. The van der Waals surface area contributed by atoms with Gasteiger partial charge in [0.25, 0.3) is 11.5 Å².